The van der Waals surface area contributed by atoms with Crippen molar-refractivity contribution in [2.75, 3.05) is 6.61 Å². The molecule has 6 heteroatoms. The maximum atomic E-state index is 11.7. The average molecular weight is 543 g/mol. The highest BCUT2D eigenvalue weighted by Crippen LogP contribution is 2.36. The molecule has 202 valence electrons. The van der Waals surface area contributed by atoms with E-state index in [9.17, 15) is 5.11 Å². The third-order valence-electron chi connectivity index (χ3n) is 6.58. The Bertz CT molecular complexity index is 1220. The summed E-state index contributed by atoms with van der Waals surface area (Å²) < 4.78 is 25.4. The van der Waals surface area contributed by atoms with E-state index in [1.165, 1.54) is 0 Å². The van der Waals surface area contributed by atoms with Crippen LogP contribution in [-0.2, 0) is 38.8 Å². The highest BCUT2D eigenvalue weighted by Gasteiger charge is 2.47. The van der Waals surface area contributed by atoms with Gasteiger partial charge < -0.3 is 24.1 Å². The fourth-order valence-electron chi connectivity index (χ4n) is 4.54. The van der Waals surface area contributed by atoms with Crippen molar-refractivity contribution in [3.05, 3.63) is 138 Å². The lowest BCUT2D eigenvalue weighted by Gasteiger charge is -2.44. The van der Waals surface area contributed by atoms with Crippen LogP contribution in [0.15, 0.2) is 126 Å². The smallest absolute Gasteiger partial charge is 0.137 e. The third-order valence-corrected chi connectivity index (χ3v) is 7.73. The van der Waals surface area contributed by atoms with E-state index in [0.717, 1.165) is 21.6 Å². The second-order valence-corrected chi connectivity index (χ2v) is 10.7. The Morgan fingerprint density at radius 1 is 0.590 bits per heavy atom. The van der Waals surface area contributed by atoms with Crippen LogP contribution in [0.2, 0.25) is 0 Å². The van der Waals surface area contributed by atoms with E-state index in [-0.39, 0.29) is 6.61 Å². The Morgan fingerprint density at radius 3 is 1.59 bits per heavy atom. The van der Waals surface area contributed by atoms with E-state index in [2.05, 4.69) is 0 Å². The molecular weight excluding hydrogens is 508 g/mol. The number of benzene rings is 4. The van der Waals surface area contributed by atoms with Crippen LogP contribution in [0, 0.1) is 0 Å². The van der Waals surface area contributed by atoms with Crippen molar-refractivity contribution in [3.63, 3.8) is 0 Å². The number of hydrogen-bond donors (Lipinski definition) is 1. The van der Waals surface area contributed by atoms with E-state index in [1.54, 1.807) is 11.8 Å². The van der Waals surface area contributed by atoms with Crippen LogP contribution in [0.1, 0.15) is 16.7 Å². The molecular formula is C33H34O5S. The Labute approximate surface area is 234 Å². The van der Waals surface area contributed by atoms with Crippen LogP contribution in [-0.4, -0.2) is 41.6 Å². The summed E-state index contributed by atoms with van der Waals surface area (Å²) in [6.45, 7) is 1.44. The van der Waals surface area contributed by atoms with E-state index in [4.69, 9.17) is 18.9 Å². The molecule has 0 aromatic heterocycles. The summed E-state index contributed by atoms with van der Waals surface area (Å²) in [6.07, 6.45) is -2.64. The number of thioether (sulfide) groups is 1. The zero-order valence-electron chi connectivity index (χ0n) is 21.8. The molecule has 1 aliphatic heterocycles. The summed E-state index contributed by atoms with van der Waals surface area (Å²) in [6, 6.07) is 40.0. The lowest BCUT2D eigenvalue weighted by Crippen LogP contribution is -2.59. The Kier molecular flexibility index (Phi) is 10.2. The highest BCUT2D eigenvalue weighted by molar-refractivity contribution is 7.99. The van der Waals surface area contributed by atoms with Gasteiger partial charge >= 0.3 is 0 Å². The second kappa shape index (κ2) is 14.4. The molecule has 39 heavy (non-hydrogen) atoms. The van der Waals surface area contributed by atoms with Crippen LogP contribution < -0.4 is 0 Å². The number of hydrogen-bond acceptors (Lipinski definition) is 6. The molecule has 1 N–H and O–H groups in total. The summed E-state index contributed by atoms with van der Waals surface area (Å²) in [5, 5.41) is 11.7. The molecule has 0 unspecified atom stereocenters. The summed E-state index contributed by atoms with van der Waals surface area (Å²) in [5.41, 5.74) is 2.68. The van der Waals surface area contributed by atoms with Crippen molar-refractivity contribution in [3.8, 4) is 0 Å². The molecule has 5 rings (SSSR count). The number of ether oxygens (including phenoxy) is 4. The standard InChI is InChI=1S/C33H34O5S/c34-30-31(36-22-26-15-7-2-8-16-26)29(24-35-21-25-13-5-1-6-14-25)38-33(39-28-19-11-4-12-20-28)32(30)37-23-27-17-9-3-10-18-27/h1-20,29-34H,21-24H2/t29-,30+,31+,32-,33+/m1/s1. The Balaban J connectivity index is 1.35. The molecule has 1 fully saturated rings. The van der Waals surface area contributed by atoms with Crippen molar-refractivity contribution < 1.29 is 24.1 Å². The van der Waals surface area contributed by atoms with E-state index in [1.807, 2.05) is 121 Å². The van der Waals surface area contributed by atoms with E-state index in [0.29, 0.717) is 19.8 Å². The van der Waals surface area contributed by atoms with E-state index >= 15 is 0 Å². The molecule has 0 amide bonds. The fourth-order valence-corrected chi connectivity index (χ4v) is 5.70. The zero-order chi connectivity index (χ0) is 26.7. The maximum Gasteiger partial charge on any atom is 0.137 e. The minimum absolute atomic E-state index is 0.280. The number of aliphatic hydroxyl groups is 1. The fraction of sp³-hybridized carbons (Fsp3) is 0.273. The molecule has 4 aromatic rings. The minimum atomic E-state index is -0.919. The third kappa shape index (κ3) is 8.02. The van der Waals surface area contributed by atoms with E-state index < -0.39 is 29.9 Å². The van der Waals surface area contributed by atoms with Gasteiger partial charge in [0.1, 0.15) is 29.9 Å². The van der Waals surface area contributed by atoms with Crippen molar-refractivity contribution in [1.82, 2.24) is 0 Å². The Hall–Kier alpha value is -2.97. The largest absolute Gasteiger partial charge is 0.387 e. The van der Waals surface area contributed by atoms with Gasteiger partial charge in [0.2, 0.25) is 0 Å². The maximum absolute atomic E-state index is 11.7. The van der Waals surface area contributed by atoms with Gasteiger partial charge in [0.15, 0.2) is 0 Å². The first-order chi connectivity index (χ1) is 19.3. The molecule has 0 aliphatic carbocycles. The molecule has 0 bridgehead atoms. The summed E-state index contributed by atoms with van der Waals surface area (Å²) in [4.78, 5) is 1.04. The van der Waals surface area contributed by atoms with Crippen LogP contribution in [0.3, 0.4) is 0 Å². The normalized spacial score (nSPS) is 22.9. The van der Waals surface area contributed by atoms with Gasteiger partial charge in [-0.25, -0.2) is 0 Å². The van der Waals surface area contributed by atoms with Gasteiger partial charge in [-0.3, -0.25) is 0 Å². The van der Waals surface area contributed by atoms with Crippen molar-refractivity contribution in [1.29, 1.82) is 0 Å². The van der Waals surface area contributed by atoms with Crippen LogP contribution >= 0.6 is 11.8 Å². The first kappa shape index (κ1) is 27.6. The molecule has 0 saturated carbocycles. The van der Waals surface area contributed by atoms with Crippen LogP contribution in [0.25, 0.3) is 0 Å². The first-order valence-corrected chi connectivity index (χ1v) is 14.1. The molecule has 4 aromatic carbocycles. The van der Waals surface area contributed by atoms with Crippen molar-refractivity contribution in [2.24, 2.45) is 0 Å². The molecule has 5 atom stereocenters. The summed E-state index contributed by atoms with van der Waals surface area (Å²) in [7, 11) is 0. The quantitative estimate of drug-likeness (QED) is 0.228. The number of rotatable bonds is 12. The molecule has 1 aliphatic rings. The molecule has 0 spiro atoms. The molecule has 5 nitrogen and oxygen atoms in total. The van der Waals surface area contributed by atoms with Gasteiger partial charge in [-0.1, -0.05) is 121 Å². The average Bonchev–Trinajstić information content (AvgIpc) is 2.99. The minimum Gasteiger partial charge on any atom is -0.387 e. The predicted molar refractivity (Wildman–Crippen MR) is 153 cm³/mol. The predicted octanol–water partition coefficient (Wildman–Crippen LogP) is 6.25. The van der Waals surface area contributed by atoms with Gasteiger partial charge in [0.05, 0.1) is 26.4 Å². The number of aliphatic hydroxyl groups excluding tert-OH is 1. The topological polar surface area (TPSA) is 57.2 Å². The van der Waals surface area contributed by atoms with Crippen molar-refractivity contribution in [2.45, 2.75) is 54.6 Å². The zero-order valence-corrected chi connectivity index (χ0v) is 22.6. The summed E-state index contributed by atoms with van der Waals surface area (Å²) in [5.74, 6) is 0. The van der Waals surface area contributed by atoms with Gasteiger partial charge in [0, 0.05) is 4.90 Å². The molecule has 0 radical (unpaired) electrons. The first-order valence-electron chi connectivity index (χ1n) is 13.2. The lowest BCUT2D eigenvalue weighted by atomic mass is 9.99. The van der Waals surface area contributed by atoms with Crippen molar-refractivity contribution >= 4 is 11.8 Å². The van der Waals surface area contributed by atoms with Gasteiger partial charge in [-0.2, -0.15) is 0 Å². The molecule has 1 heterocycles. The Morgan fingerprint density at radius 2 is 1.05 bits per heavy atom. The van der Waals surface area contributed by atoms with Crippen LogP contribution in [0.5, 0.6) is 0 Å². The van der Waals surface area contributed by atoms with Gasteiger partial charge in [-0.05, 0) is 28.8 Å². The summed E-state index contributed by atoms with van der Waals surface area (Å²) >= 11 is 1.54. The van der Waals surface area contributed by atoms with Gasteiger partial charge in [0.25, 0.3) is 0 Å². The van der Waals surface area contributed by atoms with Crippen LogP contribution in [0.4, 0.5) is 0 Å². The lowest BCUT2D eigenvalue weighted by molar-refractivity contribution is -0.240. The SMILES string of the molecule is O[C@H]1[C@@H](OCc2ccccc2)[C@@H](COCc2ccccc2)O[C@@H](Sc2ccccc2)[C@@H]1OCc1ccccc1. The van der Waals surface area contributed by atoms with Gasteiger partial charge in [-0.15, -0.1) is 0 Å². The monoisotopic (exact) mass is 542 g/mol. The molecule has 1 saturated heterocycles. The second-order valence-electron chi connectivity index (χ2n) is 9.49. The highest BCUT2D eigenvalue weighted by atomic mass is 32.2.